The van der Waals surface area contributed by atoms with E-state index in [1.165, 1.54) is 30.0 Å². The Bertz CT molecular complexity index is 867. The third-order valence-electron chi connectivity index (χ3n) is 3.03. The highest BCUT2D eigenvalue weighted by atomic mass is 32.2. The van der Waals surface area contributed by atoms with Crippen LogP contribution in [0.3, 0.4) is 0 Å². The number of benzene rings is 2. The summed E-state index contributed by atoms with van der Waals surface area (Å²) >= 11 is 1.35. The monoisotopic (exact) mass is 318 g/mol. The van der Waals surface area contributed by atoms with Crippen molar-refractivity contribution < 1.29 is 17.8 Å². The maximum atomic E-state index is 12.2. The molecule has 0 saturated carbocycles. The average molecular weight is 318 g/mol. The SMILES string of the molecule is O=C1C(=Cc2cccc(S(=O)(=O)O)c2)Sc2ccccc21. The predicted molar refractivity (Wildman–Crippen MR) is 80.9 cm³/mol. The van der Waals surface area contributed by atoms with Crippen molar-refractivity contribution in [3.63, 3.8) is 0 Å². The second-order valence-electron chi connectivity index (χ2n) is 4.48. The first-order valence-electron chi connectivity index (χ1n) is 6.06. The van der Waals surface area contributed by atoms with E-state index in [0.717, 1.165) is 4.90 Å². The lowest BCUT2D eigenvalue weighted by molar-refractivity contribution is 0.104. The Morgan fingerprint density at radius 3 is 2.52 bits per heavy atom. The van der Waals surface area contributed by atoms with Gasteiger partial charge in [-0.25, -0.2) is 0 Å². The van der Waals surface area contributed by atoms with Gasteiger partial charge in [-0.3, -0.25) is 9.35 Å². The van der Waals surface area contributed by atoms with E-state index in [1.54, 1.807) is 24.3 Å². The van der Waals surface area contributed by atoms with Crippen molar-refractivity contribution in [1.29, 1.82) is 0 Å². The number of thioether (sulfide) groups is 1. The minimum absolute atomic E-state index is 0.0761. The van der Waals surface area contributed by atoms with Crippen LogP contribution in [0.5, 0.6) is 0 Å². The third-order valence-corrected chi connectivity index (χ3v) is 4.98. The smallest absolute Gasteiger partial charge is 0.288 e. The summed E-state index contributed by atoms with van der Waals surface area (Å²) in [7, 11) is -4.25. The van der Waals surface area contributed by atoms with Crippen molar-refractivity contribution in [2.75, 3.05) is 0 Å². The molecular formula is C15H10O4S2. The normalized spacial score (nSPS) is 16.2. The van der Waals surface area contributed by atoms with Gasteiger partial charge in [-0.05, 0) is 35.9 Å². The van der Waals surface area contributed by atoms with Crippen LogP contribution < -0.4 is 0 Å². The van der Waals surface area contributed by atoms with Crippen molar-refractivity contribution >= 4 is 33.7 Å². The first kappa shape index (κ1) is 14.1. The van der Waals surface area contributed by atoms with Crippen LogP contribution in [0, 0.1) is 0 Å². The Balaban J connectivity index is 2.00. The Morgan fingerprint density at radius 2 is 1.81 bits per heavy atom. The second kappa shape index (κ2) is 5.14. The molecule has 1 aliphatic rings. The summed E-state index contributed by atoms with van der Waals surface area (Å²) in [6.07, 6.45) is 1.63. The largest absolute Gasteiger partial charge is 0.294 e. The van der Waals surface area contributed by atoms with Crippen LogP contribution in [0.1, 0.15) is 15.9 Å². The van der Waals surface area contributed by atoms with E-state index in [2.05, 4.69) is 0 Å². The molecule has 6 heteroatoms. The number of hydrogen-bond donors (Lipinski definition) is 1. The fraction of sp³-hybridized carbons (Fsp3) is 0. The fourth-order valence-corrected chi connectivity index (χ4v) is 3.64. The number of allylic oxidation sites excluding steroid dienone is 1. The molecule has 0 saturated heterocycles. The van der Waals surface area contributed by atoms with E-state index in [0.29, 0.717) is 16.0 Å². The third kappa shape index (κ3) is 2.78. The summed E-state index contributed by atoms with van der Waals surface area (Å²) in [6.45, 7) is 0. The molecule has 0 radical (unpaired) electrons. The van der Waals surface area contributed by atoms with Gasteiger partial charge in [0.1, 0.15) is 0 Å². The van der Waals surface area contributed by atoms with E-state index < -0.39 is 10.1 Å². The van der Waals surface area contributed by atoms with Gasteiger partial charge in [-0.2, -0.15) is 8.42 Å². The van der Waals surface area contributed by atoms with Crippen molar-refractivity contribution in [2.45, 2.75) is 9.79 Å². The number of hydrogen-bond acceptors (Lipinski definition) is 4. The molecule has 1 heterocycles. The van der Waals surface area contributed by atoms with E-state index in [1.807, 2.05) is 12.1 Å². The van der Waals surface area contributed by atoms with Crippen LogP contribution >= 0.6 is 11.8 Å². The molecule has 0 amide bonds. The molecule has 3 rings (SSSR count). The van der Waals surface area contributed by atoms with Crippen LogP contribution in [-0.2, 0) is 10.1 Å². The Kier molecular flexibility index (Phi) is 3.44. The van der Waals surface area contributed by atoms with Gasteiger partial charge in [-0.15, -0.1) is 0 Å². The number of fused-ring (bicyclic) bond motifs is 1. The highest BCUT2D eigenvalue weighted by Gasteiger charge is 2.25. The molecule has 1 aliphatic heterocycles. The molecule has 106 valence electrons. The maximum absolute atomic E-state index is 12.2. The molecule has 0 bridgehead atoms. The molecule has 21 heavy (non-hydrogen) atoms. The Morgan fingerprint density at radius 1 is 1.05 bits per heavy atom. The Labute approximate surface area is 126 Å². The van der Waals surface area contributed by atoms with Gasteiger partial charge in [0.05, 0.1) is 9.80 Å². The van der Waals surface area contributed by atoms with E-state index in [9.17, 15) is 13.2 Å². The molecule has 2 aromatic rings. The average Bonchev–Trinajstić information content (AvgIpc) is 2.75. The lowest BCUT2D eigenvalue weighted by atomic mass is 10.1. The quantitative estimate of drug-likeness (QED) is 0.680. The molecule has 0 aromatic heterocycles. The molecule has 1 N–H and O–H groups in total. The highest BCUT2D eigenvalue weighted by Crippen LogP contribution is 2.40. The van der Waals surface area contributed by atoms with Gasteiger partial charge < -0.3 is 0 Å². The van der Waals surface area contributed by atoms with Crippen LogP contribution in [-0.4, -0.2) is 18.8 Å². The van der Waals surface area contributed by atoms with Gasteiger partial charge in [0.15, 0.2) is 0 Å². The summed E-state index contributed by atoms with van der Waals surface area (Å²) in [5, 5.41) is 0. The first-order chi connectivity index (χ1) is 9.95. The van der Waals surface area contributed by atoms with E-state index in [-0.39, 0.29) is 10.7 Å². The molecule has 0 atom stereocenters. The second-order valence-corrected chi connectivity index (χ2v) is 6.99. The molecule has 0 spiro atoms. The Hall–Kier alpha value is -1.89. The zero-order valence-electron chi connectivity index (χ0n) is 10.7. The van der Waals surface area contributed by atoms with E-state index >= 15 is 0 Å². The summed E-state index contributed by atoms with van der Waals surface area (Å²) < 4.78 is 31.3. The highest BCUT2D eigenvalue weighted by molar-refractivity contribution is 8.04. The van der Waals surface area contributed by atoms with Crippen molar-refractivity contribution in [3.05, 3.63) is 64.6 Å². The number of carbonyl (C=O) groups is 1. The number of ketones is 1. The van der Waals surface area contributed by atoms with Gasteiger partial charge in [0.25, 0.3) is 10.1 Å². The summed E-state index contributed by atoms with van der Waals surface area (Å²) in [5.74, 6) is -0.0761. The van der Waals surface area contributed by atoms with Crippen molar-refractivity contribution in [1.82, 2.24) is 0 Å². The van der Waals surface area contributed by atoms with Gasteiger partial charge in [-0.1, -0.05) is 36.0 Å². The summed E-state index contributed by atoms with van der Waals surface area (Å²) in [5.41, 5.74) is 1.20. The predicted octanol–water partition coefficient (Wildman–Crippen LogP) is 3.26. The first-order valence-corrected chi connectivity index (χ1v) is 8.32. The number of Topliss-reactive ketones (excluding diaryl/α,β-unsaturated/α-hetero) is 1. The minimum atomic E-state index is -4.25. The van der Waals surface area contributed by atoms with E-state index in [4.69, 9.17) is 4.55 Å². The number of rotatable bonds is 2. The summed E-state index contributed by atoms with van der Waals surface area (Å²) in [6, 6.07) is 13.1. The lowest BCUT2D eigenvalue weighted by Gasteiger charge is -2.00. The van der Waals surface area contributed by atoms with Gasteiger partial charge in [0.2, 0.25) is 5.78 Å². The number of carbonyl (C=O) groups excluding carboxylic acids is 1. The molecule has 0 fully saturated rings. The lowest BCUT2D eigenvalue weighted by Crippen LogP contribution is -1.98. The molecule has 0 aliphatic carbocycles. The van der Waals surface area contributed by atoms with Crippen LogP contribution in [0.25, 0.3) is 6.08 Å². The minimum Gasteiger partial charge on any atom is -0.288 e. The van der Waals surface area contributed by atoms with Crippen LogP contribution in [0.2, 0.25) is 0 Å². The molecule has 2 aromatic carbocycles. The zero-order valence-corrected chi connectivity index (χ0v) is 12.3. The van der Waals surface area contributed by atoms with Crippen LogP contribution in [0.15, 0.2) is 63.2 Å². The molecule has 4 nitrogen and oxygen atoms in total. The molecule has 0 unspecified atom stereocenters. The standard InChI is InChI=1S/C15H10O4S2/c16-15-12-6-1-2-7-13(12)20-14(15)9-10-4-3-5-11(8-10)21(17,18)19/h1-9H,(H,17,18,19). The fourth-order valence-electron chi connectivity index (χ4n) is 2.05. The van der Waals surface area contributed by atoms with Gasteiger partial charge >= 0.3 is 0 Å². The van der Waals surface area contributed by atoms with Gasteiger partial charge in [0, 0.05) is 10.5 Å². The zero-order chi connectivity index (χ0) is 15.0. The van der Waals surface area contributed by atoms with Crippen LogP contribution in [0.4, 0.5) is 0 Å². The maximum Gasteiger partial charge on any atom is 0.294 e. The topological polar surface area (TPSA) is 71.4 Å². The molecular weight excluding hydrogens is 308 g/mol. The van der Waals surface area contributed by atoms with Crippen molar-refractivity contribution in [3.8, 4) is 0 Å². The summed E-state index contributed by atoms with van der Waals surface area (Å²) in [4.78, 5) is 13.5. The van der Waals surface area contributed by atoms with Crippen molar-refractivity contribution in [2.24, 2.45) is 0 Å².